The number of pyridine rings is 1. The largest absolute Gasteiger partial charge is 0.360 e. The fourth-order valence-electron chi connectivity index (χ4n) is 2.48. The third kappa shape index (κ3) is 3.77. The highest BCUT2D eigenvalue weighted by Gasteiger charge is 2.15. The predicted octanol–water partition coefficient (Wildman–Crippen LogP) is 3.50. The summed E-state index contributed by atoms with van der Waals surface area (Å²) in [5.41, 5.74) is 2.91. The van der Waals surface area contributed by atoms with Crippen molar-refractivity contribution in [1.82, 2.24) is 10.1 Å². The number of para-hydroxylation sites is 1. The molecule has 0 aliphatic rings. The molecule has 0 saturated carbocycles. The number of hydrogen-bond acceptors (Lipinski definition) is 5. The van der Waals surface area contributed by atoms with Gasteiger partial charge in [-0.3, -0.25) is 9.59 Å². The fourth-order valence-corrected chi connectivity index (χ4v) is 2.48. The molecule has 3 rings (SSSR count). The third-order valence-electron chi connectivity index (χ3n) is 3.80. The molecule has 0 aliphatic heterocycles. The SMILES string of the molecule is Cc1cc(NC(=O)c2cccc(C(=O)Nc3c(C)cccc3C)n2)no1. The van der Waals surface area contributed by atoms with Crippen LogP contribution in [0.1, 0.15) is 37.9 Å². The van der Waals surface area contributed by atoms with E-state index in [1.54, 1.807) is 25.1 Å². The molecule has 0 unspecified atom stereocenters. The number of anilines is 2. The van der Waals surface area contributed by atoms with Crippen LogP contribution in [-0.4, -0.2) is 22.0 Å². The molecule has 132 valence electrons. The summed E-state index contributed by atoms with van der Waals surface area (Å²) in [6.45, 7) is 5.55. The number of nitrogens with one attached hydrogen (secondary N) is 2. The Balaban J connectivity index is 1.78. The molecule has 3 aromatic rings. The zero-order chi connectivity index (χ0) is 18.7. The third-order valence-corrected chi connectivity index (χ3v) is 3.80. The van der Waals surface area contributed by atoms with Crippen LogP contribution >= 0.6 is 0 Å². The van der Waals surface area contributed by atoms with E-state index in [9.17, 15) is 9.59 Å². The molecule has 2 aromatic heterocycles. The topological polar surface area (TPSA) is 97.1 Å². The van der Waals surface area contributed by atoms with E-state index >= 15 is 0 Å². The molecule has 0 fully saturated rings. The lowest BCUT2D eigenvalue weighted by Crippen LogP contribution is -2.19. The molecule has 0 aliphatic carbocycles. The van der Waals surface area contributed by atoms with Crippen molar-refractivity contribution in [3.05, 3.63) is 70.7 Å². The normalized spacial score (nSPS) is 10.4. The first-order valence-corrected chi connectivity index (χ1v) is 8.03. The molecule has 0 radical (unpaired) electrons. The monoisotopic (exact) mass is 350 g/mol. The second kappa shape index (κ2) is 7.18. The van der Waals surface area contributed by atoms with Gasteiger partial charge in [0, 0.05) is 11.8 Å². The van der Waals surface area contributed by atoms with Gasteiger partial charge in [-0.15, -0.1) is 0 Å². The quantitative estimate of drug-likeness (QED) is 0.750. The zero-order valence-electron chi connectivity index (χ0n) is 14.7. The summed E-state index contributed by atoms with van der Waals surface area (Å²) < 4.78 is 4.90. The van der Waals surface area contributed by atoms with E-state index in [0.717, 1.165) is 16.8 Å². The van der Waals surface area contributed by atoms with Gasteiger partial charge in [-0.1, -0.05) is 29.4 Å². The molecule has 2 N–H and O–H groups in total. The Kier molecular flexibility index (Phi) is 4.79. The highest BCUT2D eigenvalue weighted by Crippen LogP contribution is 2.20. The molecule has 0 spiro atoms. The fraction of sp³-hybridized carbons (Fsp3) is 0.158. The second-order valence-electron chi connectivity index (χ2n) is 5.91. The van der Waals surface area contributed by atoms with Gasteiger partial charge in [0.1, 0.15) is 17.1 Å². The predicted molar refractivity (Wildman–Crippen MR) is 97.3 cm³/mol. The minimum Gasteiger partial charge on any atom is -0.360 e. The van der Waals surface area contributed by atoms with Crippen LogP contribution in [-0.2, 0) is 0 Å². The van der Waals surface area contributed by atoms with Crippen LogP contribution in [0.2, 0.25) is 0 Å². The van der Waals surface area contributed by atoms with Gasteiger partial charge in [-0.25, -0.2) is 4.98 Å². The number of hydrogen-bond donors (Lipinski definition) is 2. The minimum atomic E-state index is -0.472. The van der Waals surface area contributed by atoms with E-state index in [1.165, 1.54) is 6.07 Å². The summed E-state index contributed by atoms with van der Waals surface area (Å²) in [5.74, 6) is 0.0176. The number of benzene rings is 1. The Morgan fingerprint density at radius 3 is 2.04 bits per heavy atom. The Morgan fingerprint density at radius 2 is 1.46 bits per heavy atom. The molecule has 2 heterocycles. The van der Waals surface area contributed by atoms with Crippen molar-refractivity contribution in [3.8, 4) is 0 Å². The van der Waals surface area contributed by atoms with Crippen LogP contribution in [0.25, 0.3) is 0 Å². The lowest BCUT2D eigenvalue weighted by atomic mass is 10.1. The smallest absolute Gasteiger partial charge is 0.275 e. The maximum atomic E-state index is 12.5. The van der Waals surface area contributed by atoms with Crippen LogP contribution in [0.5, 0.6) is 0 Å². The van der Waals surface area contributed by atoms with Gasteiger partial charge in [0.2, 0.25) is 0 Å². The van der Waals surface area contributed by atoms with Crippen molar-refractivity contribution >= 4 is 23.3 Å². The number of carbonyl (C=O) groups excluding carboxylic acids is 2. The van der Waals surface area contributed by atoms with Crippen LogP contribution < -0.4 is 10.6 Å². The van der Waals surface area contributed by atoms with Crippen molar-refractivity contribution < 1.29 is 14.1 Å². The highest BCUT2D eigenvalue weighted by molar-refractivity contribution is 6.06. The Bertz CT molecular complexity index is 958. The number of aryl methyl sites for hydroxylation is 3. The molecule has 1 aromatic carbocycles. The van der Waals surface area contributed by atoms with Gasteiger partial charge in [0.05, 0.1) is 0 Å². The molecule has 7 heteroatoms. The molecule has 0 bridgehead atoms. The first-order valence-electron chi connectivity index (χ1n) is 8.03. The Morgan fingerprint density at radius 1 is 0.885 bits per heavy atom. The number of nitrogens with zero attached hydrogens (tertiary/aromatic N) is 2. The maximum Gasteiger partial charge on any atom is 0.275 e. The maximum absolute atomic E-state index is 12.5. The first-order chi connectivity index (χ1) is 12.4. The van der Waals surface area contributed by atoms with Crippen molar-refractivity contribution in [3.63, 3.8) is 0 Å². The van der Waals surface area contributed by atoms with Gasteiger partial charge < -0.3 is 15.2 Å². The number of aromatic nitrogens is 2. The summed E-state index contributed by atoms with van der Waals surface area (Å²) in [5, 5.41) is 9.13. The van der Waals surface area contributed by atoms with E-state index in [-0.39, 0.29) is 17.3 Å². The van der Waals surface area contributed by atoms with Crippen LogP contribution in [0.15, 0.2) is 47.0 Å². The molecular formula is C19H18N4O3. The highest BCUT2D eigenvalue weighted by atomic mass is 16.5. The van der Waals surface area contributed by atoms with Crippen molar-refractivity contribution in [2.24, 2.45) is 0 Å². The van der Waals surface area contributed by atoms with Crippen LogP contribution in [0, 0.1) is 20.8 Å². The Labute approximate surface area is 150 Å². The molecule has 0 saturated heterocycles. The van der Waals surface area contributed by atoms with Gasteiger partial charge in [0.25, 0.3) is 11.8 Å². The van der Waals surface area contributed by atoms with Gasteiger partial charge in [0.15, 0.2) is 5.82 Å². The minimum absolute atomic E-state index is 0.111. The summed E-state index contributed by atoms with van der Waals surface area (Å²) in [7, 11) is 0. The summed E-state index contributed by atoms with van der Waals surface area (Å²) in [6.07, 6.45) is 0. The second-order valence-corrected chi connectivity index (χ2v) is 5.91. The lowest BCUT2D eigenvalue weighted by Gasteiger charge is -2.11. The molecule has 0 atom stereocenters. The van der Waals surface area contributed by atoms with Crippen LogP contribution in [0.3, 0.4) is 0 Å². The standard InChI is InChI=1S/C19H18N4O3/c1-11-6-4-7-12(2)17(11)22-19(25)15-9-5-8-14(20-15)18(24)21-16-10-13(3)26-23-16/h4-10H,1-3H3,(H,22,25)(H,21,23,24). The summed E-state index contributed by atoms with van der Waals surface area (Å²) in [4.78, 5) is 28.9. The van der Waals surface area contributed by atoms with E-state index in [1.807, 2.05) is 32.0 Å². The Hall–Kier alpha value is -3.48. The molecule has 7 nitrogen and oxygen atoms in total. The lowest BCUT2D eigenvalue weighted by molar-refractivity contribution is 0.101. The van der Waals surface area contributed by atoms with E-state index < -0.39 is 5.91 Å². The van der Waals surface area contributed by atoms with Crippen LogP contribution in [0.4, 0.5) is 11.5 Å². The van der Waals surface area contributed by atoms with E-state index in [2.05, 4.69) is 20.8 Å². The zero-order valence-corrected chi connectivity index (χ0v) is 14.7. The van der Waals surface area contributed by atoms with Gasteiger partial charge >= 0.3 is 0 Å². The average molecular weight is 350 g/mol. The number of rotatable bonds is 4. The van der Waals surface area contributed by atoms with Crippen molar-refractivity contribution in [2.75, 3.05) is 10.6 Å². The number of carbonyl (C=O) groups is 2. The number of amides is 2. The van der Waals surface area contributed by atoms with Gasteiger partial charge in [-0.05, 0) is 44.0 Å². The van der Waals surface area contributed by atoms with Crippen molar-refractivity contribution in [1.29, 1.82) is 0 Å². The molecule has 26 heavy (non-hydrogen) atoms. The molecule has 2 amide bonds. The molecular weight excluding hydrogens is 332 g/mol. The first kappa shape index (κ1) is 17.3. The van der Waals surface area contributed by atoms with E-state index in [4.69, 9.17) is 4.52 Å². The average Bonchev–Trinajstić information content (AvgIpc) is 3.03. The van der Waals surface area contributed by atoms with Gasteiger partial charge in [-0.2, -0.15) is 0 Å². The van der Waals surface area contributed by atoms with E-state index in [0.29, 0.717) is 11.6 Å². The summed E-state index contributed by atoms with van der Waals surface area (Å²) >= 11 is 0. The summed E-state index contributed by atoms with van der Waals surface area (Å²) in [6, 6.07) is 12.0. The van der Waals surface area contributed by atoms with Crippen molar-refractivity contribution in [2.45, 2.75) is 20.8 Å².